The van der Waals surface area contributed by atoms with Crippen LogP contribution < -0.4 is 4.74 Å². The average molecular weight is 215 g/mol. The lowest BCUT2D eigenvalue weighted by molar-refractivity contribution is -0.118. The molecular weight excluding hydrogens is 202 g/mol. The fourth-order valence-corrected chi connectivity index (χ4v) is 2.24. The predicted molar refractivity (Wildman–Crippen MR) is 61.7 cm³/mol. The number of hydrogen-bond acceptors (Lipinski definition) is 3. The first-order valence-corrected chi connectivity index (χ1v) is 5.61. The fourth-order valence-electron chi connectivity index (χ4n) is 2.24. The Morgan fingerprint density at radius 1 is 1.31 bits per heavy atom. The van der Waals surface area contributed by atoms with E-state index in [0.717, 1.165) is 23.4 Å². The molecule has 0 N–H and O–H groups in total. The first kappa shape index (κ1) is 9.58. The number of hydrogen-bond donors (Lipinski definition) is 0. The normalized spacial score (nSPS) is 22.3. The monoisotopic (exact) mass is 215 g/mol. The molecule has 1 aromatic rings. The lowest BCUT2D eigenvalue weighted by Gasteiger charge is -2.22. The molecule has 1 unspecified atom stereocenters. The Bertz CT molecular complexity index is 491. The highest BCUT2D eigenvalue weighted by molar-refractivity contribution is 5.84. The van der Waals surface area contributed by atoms with Gasteiger partial charge in [0.15, 0.2) is 0 Å². The average Bonchev–Trinajstić information content (AvgIpc) is 2.26. The Morgan fingerprint density at radius 3 is 3.06 bits per heavy atom. The number of benzene rings is 1. The van der Waals surface area contributed by atoms with Crippen LogP contribution >= 0.6 is 0 Å². The summed E-state index contributed by atoms with van der Waals surface area (Å²) in [5, 5.41) is 0. The predicted octanol–water partition coefficient (Wildman–Crippen LogP) is 2.23. The molecule has 0 saturated carbocycles. The molecule has 0 saturated heterocycles. The molecule has 0 amide bonds. The molecule has 1 aliphatic heterocycles. The molecular formula is C13H13NO2. The van der Waals surface area contributed by atoms with Crippen molar-refractivity contribution in [3.05, 3.63) is 23.3 Å². The van der Waals surface area contributed by atoms with E-state index in [2.05, 4.69) is 11.1 Å². The summed E-state index contributed by atoms with van der Waals surface area (Å²) in [6.07, 6.45) is 3.87. The SMILES string of the molecule is CC1C=Nc2cc3c(cc2O1)CC(=O)CC3. The van der Waals surface area contributed by atoms with Crippen LogP contribution in [0.3, 0.4) is 0 Å². The second kappa shape index (κ2) is 3.44. The van der Waals surface area contributed by atoms with Gasteiger partial charge in [0.05, 0.1) is 0 Å². The molecule has 1 aliphatic carbocycles. The summed E-state index contributed by atoms with van der Waals surface area (Å²) in [5.74, 6) is 1.13. The van der Waals surface area contributed by atoms with Gasteiger partial charge in [-0.05, 0) is 36.6 Å². The van der Waals surface area contributed by atoms with Crippen LogP contribution in [0.4, 0.5) is 5.69 Å². The lowest BCUT2D eigenvalue weighted by Crippen LogP contribution is -2.18. The second-order valence-electron chi connectivity index (χ2n) is 4.41. The third-order valence-electron chi connectivity index (χ3n) is 3.08. The number of rotatable bonds is 0. The van der Waals surface area contributed by atoms with Gasteiger partial charge in [-0.3, -0.25) is 9.79 Å². The maximum Gasteiger partial charge on any atom is 0.146 e. The number of aliphatic imine (C=N–C) groups is 1. The van der Waals surface area contributed by atoms with Crippen molar-refractivity contribution in [3.8, 4) is 5.75 Å². The third kappa shape index (κ3) is 1.52. The van der Waals surface area contributed by atoms with E-state index in [0.29, 0.717) is 18.6 Å². The zero-order chi connectivity index (χ0) is 11.1. The maximum absolute atomic E-state index is 11.4. The van der Waals surface area contributed by atoms with Crippen molar-refractivity contribution in [2.45, 2.75) is 32.3 Å². The minimum atomic E-state index is 0.0184. The summed E-state index contributed by atoms with van der Waals surface area (Å²) in [7, 11) is 0. The Morgan fingerprint density at radius 2 is 2.19 bits per heavy atom. The largest absolute Gasteiger partial charge is 0.483 e. The summed E-state index contributed by atoms with van der Waals surface area (Å²) in [4.78, 5) is 15.8. The van der Waals surface area contributed by atoms with Gasteiger partial charge < -0.3 is 4.74 Å². The lowest BCUT2D eigenvalue weighted by atomic mass is 9.90. The molecule has 16 heavy (non-hydrogen) atoms. The summed E-state index contributed by atoms with van der Waals surface area (Å²) in [6, 6.07) is 4.04. The van der Waals surface area contributed by atoms with Crippen LogP contribution in [-0.4, -0.2) is 18.1 Å². The van der Waals surface area contributed by atoms with Crippen LogP contribution in [0, 0.1) is 0 Å². The zero-order valence-electron chi connectivity index (χ0n) is 9.19. The zero-order valence-corrected chi connectivity index (χ0v) is 9.19. The van der Waals surface area contributed by atoms with Crippen LogP contribution in [0.5, 0.6) is 5.75 Å². The van der Waals surface area contributed by atoms with Crippen LogP contribution in [0.25, 0.3) is 0 Å². The van der Waals surface area contributed by atoms with Gasteiger partial charge in [0, 0.05) is 19.1 Å². The molecule has 1 atom stereocenters. The van der Waals surface area contributed by atoms with Crippen molar-refractivity contribution < 1.29 is 9.53 Å². The number of ether oxygens (including phenoxy) is 1. The molecule has 82 valence electrons. The van der Waals surface area contributed by atoms with E-state index in [1.807, 2.05) is 19.2 Å². The van der Waals surface area contributed by atoms with E-state index < -0.39 is 0 Å². The fraction of sp³-hybridized carbons (Fsp3) is 0.385. The number of nitrogens with zero attached hydrogens (tertiary/aromatic N) is 1. The summed E-state index contributed by atoms with van der Waals surface area (Å²) >= 11 is 0. The van der Waals surface area contributed by atoms with E-state index in [-0.39, 0.29) is 6.10 Å². The van der Waals surface area contributed by atoms with E-state index in [1.54, 1.807) is 0 Å². The Kier molecular flexibility index (Phi) is 2.06. The van der Waals surface area contributed by atoms with Crippen molar-refractivity contribution in [1.82, 2.24) is 0 Å². The highest BCUT2D eigenvalue weighted by Crippen LogP contribution is 2.36. The number of aryl methyl sites for hydroxylation is 1. The van der Waals surface area contributed by atoms with Crippen molar-refractivity contribution >= 4 is 17.7 Å². The van der Waals surface area contributed by atoms with Gasteiger partial charge in [-0.15, -0.1) is 0 Å². The summed E-state index contributed by atoms with van der Waals surface area (Å²) in [6.45, 7) is 1.96. The van der Waals surface area contributed by atoms with Gasteiger partial charge in [-0.2, -0.15) is 0 Å². The molecule has 0 bridgehead atoms. The van der Waals surface area contributed by atoms with Crippen molar-refractivity contribution in [2.24, 2.45) is 4.99 Å². The Hall–Kier alpha value is -1.64. The first-order valence-electron chi connectivity index (χ1n) is 5.61. The molecule has 1 heterocycles. The molecule has 0 radical (unpaired) electrons. The topological polar surface area (TPSA) is 38.7 Å². The molecule has 3 nitrogen and oxygen atoms in total. The van der Waals surface area contributed by atoms with E-state index in [4.69, 9.17) is 4.74 Å². The van der Waals surface area contributed by atoms with Crippen LogP contribution in [0.15, 0.2) is 17.1 Å². The van der Waals surface area contributed by atoms with Gasteiger partial charge in [0.1, 0.15) is 23.3 Å². The van der Waals surface area contributed by atoms with Crippen LogP contribution in [-0.2, 0) is 17.6 Å². The molecule has 0 aromatic heterocycles. The van der Waals surface area contributed by atoms with Crippen molar-refractivity contribution in [1.29, 1.82) is 0 Å². The van der Waals surface area contributed by atoms with Crippen molar-refractivity contribution in [2.75, 3.05) is 0 Å². The summed E-state index contributed by atoms with van der Waals surface area (Å²) < 4.78 is 5.67. The van der Waals surface area contributed by atoms with Gasteiger partial charge >= 0.3 is 0 Å². The summed E-state index contributed by atoms with van der Waals surface area (Å²) in [5.41, 5.74) is 3.25. The van der Waals surface area contributed by atoms with Crippen LogP contribution in [0.1, 0.15) is 24.5 Å². The first-order chi connectivity index (χ1) is 7.72. The van der Waals surface area contributed by atoms with E-state index in [9.17, 15) is 4.79 Å². The molecule has 1 aromatic carbocycles. The molecule has 0 spiro atoms. The minimum absolute atomic E-state index is 0.0184. The number of ketones is 1. The number of Topliss-reactive ketones (excluding diaryl/α,β-unsaturated/α-hetero) is 1. The van der Waals surface area contributed by atoms with E-state index in [1.165, 1.54) is 5.56 Å². The maximum atomic E-state index is 11.4. The minimum Gasteiger partial charge on any atom is -0.483 e. The van der Waals surface area contributed by atoms with Gasteiger partial charge in [0.25, 0.3) is 0 Å². The quantitative estimate of drug-likeness (QED) is 0.665. The highest BCUT2D eigenvalue weighted by Gasteiger charge is 2.20. The highest BCUT2D eigenvalue weighted by atomic mass is 16.5. The number of carbonyl (C=O) groups excluding carboxylic acids is 1. The smallest absolute Gasteiger partial charge is 0.146 e. The Labute approximate surface area is 94.1 Å². The molecule has 3 heteroatoms. The number of fused-ring (bicyclic) bond motifs is 2. The second-order valence-corrected chi connectivity index (χ2v) is 4.41. The Balaban J connectivity index is 2.07. The van der Waals surface area contributed by atoms with Gasteiger partial charge in [-0.1, -0.05) is 0 Å². The molecule has 2 aliphatic rings. The van der Waals surface area contributed by atoms with E-state index >= 15 is 0 Å². The standard InChI is InChI=1S/C13H13NO2/c1-8-7-14-12-5-9-2-3-11(15)4-10(9)6-13(12)16-8/h5-8H,2-4H2,1H3. The number of carbonyl (C=O) groups is 1. The van der Waals surface area contributed by atoms with Gasteiger partial charge in [-0.25, -0.2) is 0 Å². The molecule has 3 rings (SSSR count). The third-order valence-corrected chi connectivity index (χ3v) is 3.08. The molecule has 0 fully saturated rings. The van der Waals surface area contributed by atoms with Gasteiger partial charge in [0.2, 0.25) is 0 Å². The van der Waals surface area contributed by atoms with Crippen LogP contribution in [0.2, 0.25) is 0 Å². The van der Waals surface area contributed by atoms with Crippen molar-refractivity contribution in [3.63, 3.8) is 0 Å².